The van der Waals surface area contributed by atoms with Crippen LogP contribution in [-0.2, 0) is 19.4 Å². The number of nitrogens with one attached hydrogen (secondary N) is 1. The number of benzene rings is 1. The lowest BCUT2D eigenvalue weighted by molar-refractivity contribution is 0.0676. The average Bonchev–Trinajstić information content (AvgIpc) is 3.13. The van der Waals surface area contributed by atoms with Crippen molar-refractivity contribution in [2.24, 2.45) is 5.92 Å². The molecule has 6 heteroatoms. The first-order valence-electron chi connectivity index (χ1n) is 10.9. The largest absolute Gasteiger partial charge is 0.337 e. The molecule has 1 N–H and O–H groups in total. The first-order chi connectivity index (χ1) is 14.1. The lowest BCUT2D eigenvalue weighted by atomic mass is 9.99. The van der Waals surface area contributed by atoms with Gasteiger partial charge in [0.25, 0.3) is 11.8 Å². The number of fused-ring (bicyclic) bond motifs is 1. The molecular formula is C23H30N4O2. The van der Waals surface area contributed by atoms with Crippen LogP contribution in [0.25, 0.3) is 0 Å². The molecular weight excluding hydrogens is 364 g/mol. The lowest BCUT2D eigenvalue weighted by Crippen LogP contribution is -2.39. The van der Waals surface area contributed by atoms with Crippen molar-refractivity contribution in [1.82, 2.24) is 14.5 Å². The Bertz CT molecular complexity index is 918. The molecule has 0 aliphatic carbocycles. The fraction of sp³-hybridized carbons (Fsp3) is 0.522. The number of carbonyl (C=O) groups is 2. The molecule has 1 unspecified atom stereocenters. The third-order valence-electron chi connectivity index (χ3n) is 6.11. The van der Waals surface area contributed by atoms with Crippen molar-refractivity contribution in [3.63, 3.8) is 0 Å². The van der Waals surface area contributed by atoms with Gasteiger partial charge in [-0.25, -0.2) is 4.98 Å². The molecule has 1 fully saturated rings. The number of imidazole rings is 1. The van der Waals surface area contributed by atoms with Crippen LogP contribution in [0.2, 0.25) is 0 Å². The molecule has 1 atom stereocenters. The minimum atomic E-state index is -0.236. The van der Waals surface area contributed by atoms with Gasteiger partial charge in [-0.2, -0.15) is 0 Å². The van der Waals surface area contributed by atoms with Crippen LogP contribution in [0.15, 0.2) is 24.3 Å². The van der Waals surface area contributed by atoms with E-state index in [1.54, 1.807) is 0 Å². The van der Waals surface area contributed by atoms with Crippen LogP contribution in [0, 0.1) is 5.92 Å². The molecule has 2 aliphatic rings. The summed E-state index contributed by atoms with van der Waals surface area (Å²) in [5.41, 5.74) is 3.30. The number of hydrogen-bond donors (Lipinski definition) is 1. The van der Waals surface area contributed by atoms with E-state index in [9.17, 15) is 9.59 Å². The van der Waals surface area contributed by atoms with Crippen molar-refractivity contribution in [2.45, 2.75) is 58.9 Å². The summed E-state index contributed by atoms with van der Waals surface area (Å²) in [6.07, 6.45) is 5.87. The number of carbonyl (C=O) groups excluding carboxylic acids is 2. The average molecular weight is 395 g/mol. The molecule has 29 heavy (non-hydrogen) atoms. The van der Waals surface area contributed by atoms with E-state index < -0.39 is 0 Å². The maximum Gasteiger partial charge on any atom is 0.291 e. The molecule has 6 nitrogen and oxygen atoms in total. The summed E-state index contributed by atoms with van der Waals surface area (Å²) < 4.78 is 1.97. The predicted octanol–water partition coefficient (Wildman–Crippen LogP) is 3.91. The van der Waals surface area contributed by atoms with E-state index in [4.69, 9.17) is 0 Å². The number of rotatable bonds is 4. The van der Waals surface area contributed by atoms with Gasteiger partial charge in [-0.3, -0.25) is 9.59 Å². The first kappa shape index (κ1) is 19.7. The summed E-state index contributed by atoms with van der Waals surface area (Å²) >= 11 is 0. The van der Waals surface area contributed by atoms with Crippen LogP contribution in [0.4, 0.5) is 5.69 Å². The molecule has 3 heterocycles. The standard InChI is InChI=1S/C23H30N4O2/c1-3-17-10-4-5-11-18(17)24-22(28)21-25-20(19-12-6-7-14-27(19)21)23(29)26-13-8-9-16(2)15-26/h4-5,10-11,16H,3,6-9,12-15H2,1-2H3,(H,24,28). The van der Waals surface area contributed by atoms with Crippen molar-refractivity contribution in [3.8, 4) is 0 Å². The zero-order chi connectivity index (χ0) is 20.4. The zero-order valence-electron chi connectivity index (χ0n) is 17.4. The quantitative estimate of drug-likeness (QED) is 0.855. The van der Waals surface area contributed by atoms with Gasteiger partial charge in [-0.05, 0) is 56.1 Å². The Kier molecular flexibility index (Phi) is 5.69. The number of piperidine rings is 1. The molecule has 0 radical (unpaired) electrons. The minimum Gasteiger partial charge on any atom is -0.337 e. The maximum atomic E-state index is 13.2. The summed E-state index contributed by atoms with van der Waals surface area (Å²) in [5.74, 6) is 0.619. The zero-order valence-corrected chi connectivity index (χ0v) is 17.4. The highest BCUT2D eigenvalue weighted by atomic mass is 16.2. The van der Waals surface area contributed by atoms with Crippen LogP contribution in [0.1, 0.15) is 71.9 Å². The number of aryl methyl sites for hydroxylation is 1. The van der Waals surface area contributed by atoms with Crippen LogP contribution >= 0.6 is 0 Å². The van der Waals surface area contributed by atoms with Gasteiger partial charge < -0.3 is 14.8 Å². The maximum absolute atomic E-state index is 13.2. The number of aromatic nitrogens is 2. The third kappa shape index (κ3) is 3.93. The van der Waals surface area contributed by atoms with E-state index in [0.717, 1.165) is 75.1 Å². The second kappa shape index (κ2) is 8.39. The van der Waals surface area contributed by atoms with E-state index in [1.807, 2.05) is 33.7 Å². The number of anilines is 1. The number of para-hydroxylation sites is 1. The smallest absolute Gasteiger partial charge is 0.291 e. The van der Waals surface area contributed by atoms with Gasteiger partial charge >= 0.3 is 0 Å². The molecule has 1 aromatic heterocycles. The van der Waals surface area contributed by atoms with Crippen LogP contribution in [-0.4, -0.2) is 39.4 Å². The van der Waals surface area contributed by atoms with Gasteiger partial charge in [0.15, 0.2) is 5.82 Å². The van der Waals surface area contributed by atoms with Crippen LogP contribution in [0.3, 0.4) is 0 Å². The summed E-state index contributed by atoms with van der Waals surface area (Å²) in [6.45, 7) is 6.55. The molecule has 2 amide bonds. The van der Waals surface area contributed by atoms with Gasteiger partial charge in [0.1, 0.15) is 5.69 Å². The van der Waals surface area contributed by atoms with Crippen molar-refractivity contribution in [3.05, 3.63) is 47.0 Å². The molecule has 1 aromatic carbocycles. The van der Waals surface area contributed by atoms with Gasteiger partial charge in [0.2, 0.25) is 0 Å². The molecule has 1 saturated heterocycles. The Morgan fingerprint density at radius 3 is 2.79 bits per heavy atom. The fourth-order valence-electron chi connectivity index (χ4n) is 4.54. The SMILES string of the molecule is CCc1ccccc1NC(=O)c1nc(C(=O)N2CCCC(C)C2)c2n1CCCC2. The highest BCUT2D eigenvalue weighted by Gasteiger charge is 2.31. The van der Waals surface area contributed by atoms with E-state index in [2.05, 4.69) is 24.1 Å². The predicted molar refractivity (Wildman–Crippen MR) is 113 cm³/mol. The highest BCUT2D eigenvalue weighted by molar-refractivity contribution is 6.04. The Labute approximate surface area is 172 Å². The monoisotopic (exact) mass is 394 g/mol. The Morgan fingerprint density at radius 2 is 2.00 bits per heavy atom. The lowest BCUT2D eigenvalue weighted by Gasteiger charge is -2.30. The number of amides is 2. The molecule has 0 spiro atoms. The van der Waals surface area contributed by atoms with E-state index >= 15 is 0 Å². The number of likely N-dealkylation sites (tertiary alicyclic amines) is 1. The molecule has 154 valence electrons. The summed E-state index contributed by atoms with van der Waals surface area (Å²) in [6, 6.07) is 7.83. The molecule has 0 saturated carbocycles. The van der Waals surface area contributed by atoms with E-state index in [-0.39, 0.29) is 11.8 Å². The normalized spacial score (nSPS) is 19.0. The number of hydrogen-bond acceptors (Lipinski definition) is 3. The Morgan fingerprint density at radius 1 is 1.17 bits per heavy atom. The molecule has 0 bridgehead atoms. The van der Waals surface area contributed by atoms with Crippen molar-refractivity contribution in [1.29, 1.82) is 0 Å². The van der Waals surface area contributed by atoms with Crippen molar-refractivity contribution < 1.29 is 9.59 Å². The second-order valence-electron chi connectivity index (χ2n) is 8.30. The van der Waals surface area contributed by atoms with Crippen LogP contribution in [0.5, 0.6) is 0 Å². The topological polar surface area (TPSA) is 67.2 Å². The van der Waals surface area contributed by atoms with Gasteiger partial charge in [0.05, 0.1) is 5.69 Å². The minimum absolute atomic E-state index is 0.0183. The van der Waals surface area contributed by atoms with Crippen molar-refractivity contribution >= 4 is 17.5 Å². The molecule has 2 aliphatic heterocycles. The third-order valence-corrected chi connectivity index (χ3v) is 6.11. The summed E-state index contributed by atoms with van der Waals surface area (Å²) in [5, 5.41) is 3.02. The second-order valence-corrected chi connectivity index (χ2v) is 8.30. The van der Waals surface area contributed by atoms with E-state index in [0.29, 0.717) is 17.4 Å². The Hall–Kier alpha value is -2.63. The highest BCUT2D eigenvalue weighted by Crippen LogP contribution is 2.25. The summed E-state index contributed by atoms with van der Waals surface area (Å²) in [7, 11) is 0. The first-order valence-corrected chi connectivity index (χ1v) is 10.9. The van der Waals surface area contributed by atoms with Gasteiger partial charge in [0, 0.05) is 25.3 Å². The summed E-state index contributed by atoms with van der Waals surface area (Å²) in [4.78, 5) is 32.8. The fourth-order valence-corrected chi connectivity index (χ4v) is 4.54. The van der Waals surface area contributed by atoms with Gasteiger partial charge in [-0.1, -0.05) is 32.0 Å². The van der Waals surface area contributed by atoms with E-state index in [1.165, 1.54) is 0 Å². The van der Waals surface area contributed by atoms with Crippen molar-refractivity contribution in [2.75, 3.05) is 18.4 Å². The van der Waals surface area contributed by atoms with Gasteiger partial charge in [-0.15, -0.1) is 0 Å². The molecule has 2 aromatic rings. The van der Waals surface area contributed by atoms with Crippen LogP contribution < -0.4 is 5.32 Å². The Balaban J connectivity index is 1.64. The molecule has 4 rings (SSSR count). The number of nitrogens with zero attached hydrogens (tertiary/aromatic N) is 3.